The van der Waals surface area contributed by atoms with E-state index in [2.05, 4.69) is 17.6 Å². The van der Waals surface area contributed by atoms with Crippen molar-refractivity contribution < 1.29 is 14.6 Å². The number of nitrogens with one attached hydrogen (secondary N) is 2. The first kappa shape index (κ1) is 14.4. The van der Waals surface area contributed by atoms with Gasteiger partial charge in [0.15, 0.2) is 0 Å². The molecule has 2 atom stereocenters. The van der Waals surface area contributed by atoms with Gasteiger partial charge in [-0.25, -0.2) is 0 Å². The molecule has 1 rings (SSSR count). The number of carbonyl (C=O) groups is 1. The van der Waals surface area contributed by atoms with Gasteiger partial charge in [-0.3, -0.25) is 4.79 Å². The van der Waals surface area contributed by atoms with Gasteiger partial charge in [0.2, 0.25) is 5.91 Å². The Bertz CT molecular complexity index is 212. The van der Waals surface area contributed by atoms with E-state index in [-0.39, 0.29) is 18.6 Å². The van der Waals surface area contributed by atoms with Crippen LogP contribution in [0.2, 0.25) is 0 Å². The van der Waals surface area contributed by atoms with Crippen LogP contribution in [-0.2, 0) is 9.53 Å². The Morgan fingerprint density at radius 2 is 2.41 bits per heavy atom. The molecule has 1 saturated heterocycles. The molecule has 1 fully saturated rings. The quantitative estimate of drug-likeness (QED) is 0.584. The van der Waals surface area contributed by atoms with Crippen molar-refractivity contribution in [3.8, 4) is 0 Å². The molecule has 0 radical (unpaired) electrons. The van der Waals surface area contributed by atoms with Crippen molar-refractivity contribution in [3.63, 3.8) is 0 Å². The number of hydrogen-bond acceptors (Lipinski definition) is 4. The molecule has 17 heavy (non-hydrogen) atoms. The molecule has 1 heterocycles. The van der Waals surface area contributed by atoms with E-state index in [1.807, 2.05) is 0 Å². The zero-order valence-corrected chi connectivity index (χ0v) is 10.6. The molecule has 0 aromatic carbocycles. The number of amides is 1. The highest BCUT2D eigenvalue weighted by atomic mass is 16.5. The lowest BCUT2D eigenvalue weighted by atomic mass is 10.00. The predicted molar refractivity (Wildman–Crippen MR) is 65.7 cm³/mol. The highest BCUT2D eigenvalue weighted by molar-refractivity contribution is 5.81. The number of ether oxygens (including phenoxy) is 1. The molecule has 100 valence electrons. The fraction of sp³-hybridized carbons (Fsp3) is 0.917. The Kier molecular flexibility index (Phi) is 7.16. The average molecular weight is 244 g/mol. The Hall–Kier alpha value is -0.650. The van der Waals surface area contributed by atoms with Crippen molar-refractivity contribution in [3.05, 3.63) is 0 Å². The number of aliphatic hydroxyl groups is 1. The third-order valence-corrected chi connectivity index (χ3v) is 3.04. The van der Waals surface area contributed by atoms with Gasteiger partial charge < -0.3 is 20.5 Å². The molecular weight excluding hydrogens is 220 g/mol. The van der Waals surface area contributed by atoms with Gasteiger partial charge in [-0.15, -0.1) is 0 Å². The second-order valence-electron chi connectivity index (χ2n) is 4.49. The standard InChI is InChI=1S/C12H24N2O3/c1-2-3-10(4-6-15)8-14-12(16)11-9-17-7-5-13-11/h10-11,13,15H,2-9H2,1H3,(H,14,16). The summed E-state index contributed by atoms with van der Waals surface area (Å²) in [5, 5.41) is 15.0. The summed E-state index contributed by atoms with van der Waals surface area (Å²) in [7, 11) is 0. The van der Waals surface area contributed by atoms with Gasteiger partial charge in [0.05, 0.1) is 13.2 Å². The van der Waals surface area contributed by atoms with Crippen LogP contribution in [0.5, 0.6) is 0 Å². The fourth-order valence-electron chi connectivity index (χ4n) is 2.04. The zero-order valence-electron chi connectivity index (χ0n) is 10.6. The van der Waals surface area contributed by atoms with Gasteiger partial charge in [-0.1, -0.05) is 13.3 Å². The van der Waals surface area contributed by atoms with Crippen molar-refractivity contribution in [1.29, 1.82) is 0 Å². The summed E-state index contributed by atoms with van der Waals surface area (Å²) < 4.78 is 5.24. The summed E-state index contributed by atoms with van der Waals surface area (Å²) in [5.41, 5.74) is 0. The molecule has 2 unspecified atom stereocenters. The minimum atomic E-state index is -0.222. The van der Waals surface area contributed by atoms with Crippen LogP contribution in [0.4, 0.5) is 0 Å². The second-order valence-corrected chi connectivity index (χ2v) is 4.49. The van der Waals surface area contributed by atoms with Crippen molar-refractivity contribution in [2.45, 2.75) is 32.2 Å². The van der Waals surface area contributed by atoms with Crippen molar-refractivity contribution in [2.75, 3.05) is 32.9 Å². The van der Waals surface area contributed by atoms with Gasteiger partial charge in [0.25, 0.3) is 0 Å². The number of rotatable bonds is 7. The SMILES string of the molecule is CCCC(CCO)CNC(=O)C1COCCN1. The van der Waals surface area contributed by atoms with Crippen LogP contribution in [0, 0.1) is 5.92 Å². The molecule has 0 bridgehead atoms. The molecule has 0 aliphatic carbocycles. The number of aliphatic hydroxyl groups excluding tert-OH is 1. The topological polar surface area (TPSA) is 70.6 Å². The van der Waals surface area contributed by atoms with Crippen LogP contribution < -0.4 is 10.6 Å². The summed E-state index contributed by atoms with van der Waals surface area (Å²) in [4.78, 5) is 11.8. The third-order valence-electron chi connectivity index (χ3n) is 3.04. The molecule has 1 aliphatic rings. The Balaban J connectivity index is 2.24. The lowest BCUT2D eigenvalue weighted by Crippen LogP contribution is -2.51. The molecule has 0 saturated carbocycles. The van der Waals surface area contributed by atoms with E-state index in [4.69, 9.17) is 9.84 Å². The smallest absolute Gasteiger partial charge is 0.239 e. The molecule has 3 N–H and O–H groups in total. The fourth-order valence-corrected chi connectivity index (χ4v) is 2.04. The third kappa shape index (κ3) is 5.48. The molecule has 5 nitrogen and oxygen atoms in total. The minimum Gasteiger partial charge on any atom is -0.396 e. The maximum atomic E-state index is 11.8. The summed E-state index contributed by atoms with van der Waals surface area (Å²) >= 11 is 0. The van der Waals surface area contributed by atoms with Crippen molar-refractivity contribution in [2.24, 2.45) is 5.92 Å². The molecule has 0 aromatic rings. The van der Waals surface area contributed by atoms with E-state index in [9.17, 15) is 4.79 Å². The lowest BCUT2D eigenvalue weighted by molar-refractivity contribution is -0.126. The Morgan fingerprint density at radius 3 is 3.00 bits per heavy atom. The molecule has 1 amide bonds. The highest BCUT2D eigenvalue weighted by Gasteiger charge is 2.21. The summed E-state index contributed by atoms with van der Waals surface area (Å²) in [5.74, 6) is 0.377. The van der Waals surface area contributed by atoms with Crippen LogP contribution in [0.15, 0.2) is 0 Å². The summed E-state index contributed by atoms with van der Waals surface area (Å²) in [6, 6.07) is -0.222. The van der Waals surface area contributed by atoms with E-state index in [1.165, 1.54) is 0 Å². The summed E-state index contributed by atoms with van der Waals surface area (Å²) in [6.45, 7) is 4.80. The van der Waals surface area contributed by atoms with Crippen molar-refractivity contribution in [1.82, 2.24) is 10.6 Å². The van der Waals surface area contributed by atoms with E-state index in [0.717, 1.165) is 25.8 Å². The van der Waals surface area contributed by atoms with Crippen LogP contribution in [-0.4, -0.2) is 50.0 Å². The van der Waals surface area contributed by atoms with Crippen LogP contribution in [0.25, 0.3) is 0 Å². The van der Waals surface area contributed by atoms with E-state index < -0.39 is 0 Å². The van der Waals surface area contributed by atoms with Crippen LogP contribution in [0.3, 0.4) is 0 Å². The first-order chi connectivity index (χ1) is 8.27. The molecule has 0 spiro atoms. The zero-order chi connectivity index (χ0) is 12.5. The average Bonchev–Trinajstić information content (AvgIpc) is 2.37. The van der Waals surface area contributed by atoms with Crippen LogP contribution in [0.1, 0.15) is 26.2 Å². The Morgan fingerprint density at radius 1 is 1.59 bits per heavy atom. The number of hydrogen-bond donors (Lipinski definition) is 3. The molecule has 0 aromatic heterocycles. The normalized spacial score (nSPS) is 22.1. The largest absolute Gasteiger partial charge is 0.396 e. The summed E-state index contributed by atoms with van der Waals surface area (Å²) in [6.07, 6.45) is 2.86. The first-order valence-electron chi connectivity index (χ1n) is 6.47. The highest BCUT2D eigenvalue weighted by Crippen LogP contribution is 2.09. The maximum absolute atomic E-state index is 11.8. The van der Waals surface area contributed by atoms with E-state index in [0.29, 0.717) is 25.7 Å². The molecule has 5 heteroatoms. The van der Waals surface area contributed by atoms with E-state index in [1.54, 1.807) is 0 Å². The first-order valence-corrected chi connectivity index (χ1v) is 6.47. The molecule has 1 aliphatic heterocycles. The van der Waals surface area contributed by atoms with Gasteiger partial charge in [0, 0.05) is 19.7 Å². The predicted octanol–water partition coefficient (Wildman–Crippen LogP) is -0.110. The van der Waals surface area contributed by atoms with Crippen molar-refractivity contribution >= 4 is 5.91 Å². The van der Waals surface area contributed by atoms with Gasteiger partial charge in [0.1, 0.15) is 6.04 Å². The molecular formula is C12H24N2O3. The van der Waals surface area contributed by atoms with E-state index >= 15 is 0 Å². The maximum Gasteiger partial charge on any atom is 0.239 e. The minimum absolute atomic E-state index is 0.00347. The lowest BCUT2D eigenvalue weighted by Gasteiger charge is -2.24. The number of carbonyl (C=O) groups excluding carboxylic acids is 1. The second kappa shape index (κ2) is 8.44. The monoisotopic (exact) mass is 244 g/mol. The Labute approximate surface area is 103 Å². The van der Waals surface area contributed by atoms with Gasteiger partial charge in [-0.2, -0.15) is 0 Å². The van der Waals surface area contributed by atoms with Gasteiger partial charge >= 0.3 is 0 Å². The number of morpholine rings is 1. The van der Waals surface area contributed by atoms with Crippen LogP contribution >= 0.6 is 0 Å². The van der Waals surface area contributed by atoms with Gasteiger partial charge in [-0.05, 0) is 18.8 Å².